The second kappa shape index (κ2) is 9.20. The summed E-state index contributed by atoms with van der Waals surface area (Å²) < 4.78 is 15.6. The first-order valence-electron chi connectivity index (χ1n) is 6.94. The van der Waals surface area contributed by atoms with Crippen molar-refractivity contribution in [3.8, 4) is 5.75 Å². The van der Waals surface area contributed by atoms with Crippen molar-refractivity contribution >= 4 is 11.6 Å². The first kappa shape index (κ1) is 17.3. The third-order valence-corrected chi connectivity index (χ3v) is 2.98. The van der Waals surface area contributed by atoms with Crippen LogP contribution in [0.3, 0.4) is 0 Å². The number of carbonyl (C=O) groups is 1. The molecule has 0 saturated heterocycles. The summed E-state index contributed by atoms with van der Waals surface area (Å²) in [5.74, 6) is 0.296. The number of hydrogen-bond acceptors (Lipinski definition) is 5. The molecular weight excluding hydrogens is 272 g/mol. The predicted octanol–water partition coefficient (Wildman–Crippen LogP) is 1.40. The summed E-state index contributed by atoms with van der Waals surface area (Å²) in [4.78, 5) is 14.4. The lowest BCUT2D eigenvalue weighted by molar-refractivity contribution is 0.0623. The Kier molecular flexibility index (Phi) is 7.56. The lowest BCUT2D eigenvalue weighted by atomic mass is 10.1. The van der Waals surface area contributed by atoms with Crippen molar-refractivity contribution in [3.05, 3.63) is 23.8 Å². The second-order valence-corrected chi connectivity index (χ2v) is 4.43. The van der Waals surface area contributed by atoms with E-state index in [9.17, 15) is 4.79 Å². The molecule has 1 aromatic rings. The van der Waals surface area contributed by atoms with Gasteiger partial charge in [0.1, 0.15) is 0 Å². The van der Waals surface area contributed by atoms with Crippen LogP contribution in [0, 0.1) is 0 Å². The highest BCUT2D eigenvalue weighted by molar-refractivity contribution is 5.98. The number of hydrogen-bond donors (Lipinski definition) is 1. The highest BCUT2D eigenvalue weighted by atomic mass is 16.5. The Labute approximate surface area is 125 Å². The molecule has 118 valence electrons. The number of carbonyl (C=O) groups excluding carboxylic acids is 1. The fourth-order valence-electron chi connectivity index (χ4n) is 1.92. The van der Waals surface area contributed by atoms with Crippen molar-refractivity contribution < 1.29 is 19.0 Å². The molecule has 0 atom stereocenters. The van der Waals surface area contributed by atoms with E-state index in [2.05, 4.69) is 0 Å². The largest absolute Gasteiger partial charge is 0.491 e. The average molecular weight is 296 g/mol. The van der Waals surface area contributed by atoms with Gasteiger partial charge in [-0.15, -0.1) is 0 Å². The van der Waals surface area contributed by atoms with Crippen LogP contribution in [0.1, 0.15) is 17.3 Å². The molecule has 21 heavy (non-hydrogen) atoms. The molecule has 6 heteroatoms. The van der Waals surface area contributed by atoms with E-state index in [-0.39, 0.29) is 5.91 Å². The molecular formula is C15H24N2O4. The minimum absolute atomic E-state index is 0.139. The van der Waals surface area contributed by atoms with Crippen LogP contribution in [-0.4, -0.2) is 57.9 Å². The van der Waals surface area contributed by atoms with E-state index in [4.69, 9.17) is 19.9 Å². The Bertz CT molecular complexity index is 443. The summed E-state index contributed by atoms with van der Waals surface area (Å²) in [5.41, 5.74) is 6.82. The second-order valence-electron chi connectivity index (χ2n) is 4.43. The number of anilines is 1. The zero-order valence-electron chi connectivity index (χ0n) is 12.9. The zero-order valence-corrected chi connectivity index (χ0v) is 12.9. The molecule has 0 aliphatic carbocycles. The number of para-hydroxylation sites is 1. The van der Waals surface area contributed by atoms with Crippen molar-refractivity contribution in [1.29, 1.82) is 0 Å². The molecule has 0 aliphatic rings. The van der Waals surface area contributed by atoms with E-state index in [1.807, 2.05) is 6.92 Å². The molecule has 0 heterocycles. The van der Waals surface area contributed by atoms with Gasteiger partial charge in [-0.1, -0.05) is 6.07 Å². The van der Waals surface area contributed by atoms with Gasteiger partial charge in [-0.3, -0.25) is 4.79 Å². The van der Waals surface area contributed by atoms with Crippen molar-refractivity contribution in [1.82, 2.24) is 4.90 Å². The number of nitrogens with zero attached hydrogens (tertiary/aromatic N) is 1. The molecule has 0 saturated carbocycles. The average Bonchev–Trinajstić information content (AvgIpc) is 2.49. The number of nitrogens with two attached hydrogens (primary N) is 1. The minimum atomic E-state index is -0.139. The Balaban J connectivity index is 2.98. The van der Waals surface area contributed by atoms with E-state index < -0.39 is 0 Å². The first-order valence-corrected chi connectivity index (χ1v) is 6.94. The van der Waals surface area contributed by atoms with Gasteiger partial charge in [-0.25, -0.2) is 0 Å². The van der Waals surface area contributed by atoms with E-state index in [0.717, 1.165) is 0 Å². The predicted molar refractivity (Wildman–Crippen MR) is 81.7 cm³/mol. The molecule has 6 nitrogen and oxygen atoms in total. The number of methoxy groups -OCH3 is 2. The van der Waals surface area contributed by atoms with Crippen LogP contribution in [0.5, 0.6) is 5.75 Å². The number of benzene rings is 1. The van der Waals surface area contributed by atoms with Gasteiger partial charge in [-0.05, 0) is 19.1 Å². The normalized spacial score (nSPS) is 10.4. The quantitative estimate of drug-likeness (QED) is 0.697. The number of ether oxygens (including phenoxy) is 3. The summed E-state index contributed by atoms with van der Waals surface area (Å²) in [6.07, 6.45) is 0. The lowest BCUT2D eigenvalue weighted by Crippen LogP contribution is -2.36. The molecule has 0 aliphatic heterocycles. The molecule has 0 spiro atoms. The Hall–Kier alpha value is -1.79. The van der Waals surface area contributed by atoms with Gasteiger partial charge in [0.2, 0.25) is 0 Å². The van der Waals surface area contributed by atoms with E-state index in [1.54, 1.807) is 37.3 Å². The lowest BCUT2D eigenvalue weighted by Gasteiger charge is -2.23. The maximum Gasteiger partial charge on any atom is 0.257 e. The number of rotatable bonds is 9. The highest BCUT2D eigenvalue weighted by Crippen LogP contribution is 2.27. The maximum atomic E-state index is 12.7. The molecule has 0 fully saturated rings. The smallest absolute Gasteiger partial charge is 0.257 e. The van der Waals surface area contributed by atoms with Crippen LogP contribution >= 0.6 is 0 Å². The topological polar surface area (TPSA) is 74.0 Å². The Morgan fingerprint density at radius 3 is 2.33 bits per heavy atom. The monoisotopic (exact) mass is 296 g/mol. The van der Waals surface area contributed by atoms with Crippen molar-refractivity contribution in [2.24, 2.45) is 0 Å². The van der Waals surface area contributed by atoms with Gasteiger partial charge < -0.3 is 24.8 Å². The molecule has 1 rings (SSSR count). The van der Waals surface area contributed by atoms with Gasteiger partial charge in [0.25, 0.3) is 5.91 Å². The van der Waals surface area contributed by atoms with Gasteiger partial charge in [-0.2, -0.15) is 0 Å². The van der Waals surface area contributed by atoms with Crippen LogP contribution in [0.15, 0.2) is 18.2 Å². The van der Waals surface area contributed by atoms with Crippen molar-refractivity contribution in [2.75, 3.05) is 52.9 Å². The van der Waals surface area contributed by atoms with Crippen LogP contribution in [0.2, 0.25) is 0 Å². The van der Waals surface area contributed by atoms with Crippen LogP contribution in [0.4, 0.5) is 5.69 Å². The third kappa shape index (κ3) is 4.91. The van der Waals surface area contributed by atoms with Gasteiger partial charge in [0.15, 0.2) is 5.75 Å². The Morgan fingerprint density at radius 1 is 1.19 bits per heavy atom. The molecule has 0 radical (unpaired) electrons. The van der Waals surface area contributed by atoms with Gasteiger partial charge >= 0.3 is 0 Å². The van der Waals surface area contributed by atoms with Crippen LogP contribution in [-0.2, 0) is 9.47 Å². The van der Waals surface area contributed by atoms with E-state index in [0.29, 0.717) is 49.9 Å². The van der Waals surface area contributed by atoms with Crippen molar-refractivity contribution in [2.45, 2.75) is 6.92 Å². The van der Waals surface area contributed by atoms with E-state index in [1.165, 1.54) is 0 Å². The third-order valence-electron chi connectivity index (χ3n) is 2.98. The zero-order chi connectivity index (χ0) is 15.7. The fourth-order valence-corrected chi connectivity index (χ4v) is 1.92. The van der Waals surface area contributed by atoms with Crippen LogP contribution < -0.4 is 10.5 Å². The number of amides is 1. The highest BCUT2D eigenvalue weighted by Gasteiger charge is 2.20. The molecule has 2 N–H and O–H groups in total. The minimum Gasteiger partial charge on any atom is -0.491 e. The van der Waals surface area contributed by atoms with Gasteiger partial charge in [0, 0.05) is 27.3 Å². The number of nitrogen functional groups attached to an aromatic ring is 1. The van der Waals surface area contributed by atoms with E-state index >= 15 is 0 Å². The molecule has 0 unspecified atom stereocenters. The molecule has 0 bridgehead atoms. The molecule has 1 amide bonds. The standard InChI is InChI=1S/C15H24N2O4/c1-4-21-14-12(6-5-7-13(14)16)15(18)17(8-10-19-2)9-11-20-3/h5-7H,4,8-11,16H2,1-3H3. The Morgan fingerprint density at radius 2 is 1.81 bits per heavy atom. The molecule has 0 aromatic heterocycles. The van der Waals surface area contributed by atoms with Gasteiger partial charge in [0.05, 0.1) is 31.1 Å². The summed E-state index contributed by atoms with van der Waals surface area (Å²) in [5, 5.41) is 0. The molecule has 1 aromatic carbocycles. The first-order chi connectivity index (χ1) is 10.2. The summed E-state index contributed by atoms with van der Waals surface area (Å²) >= 11 is 0. The fraction of sp³-hybridized carbons (Fsp3) is 0.533. The van der Waals surface area contributed by atoms with Crippen LogP contribution in [0.25, 0.3) is 0 Å². The summed E-state index contributed by atoms with van der Waals surface area (Å²) in [7, 11) is 3.20. The SMILES string of the molecule is CCOc1c(N)cccc1C(=O)N(CCOC)CCOC. The maximum absolute atomic E-state index is 12.7. The summed E-state index contributed by atoms with van der Waals surface area (Å²) in [6.45, 7) is 4.19. The van der Waals surface area contributed by atoms with Crippen molar-refractivity contribution in [3.63, 3.8) is 0 Å². The summed E-state index contributed by atoms with van der Waals surface area (Å²) in [6, 6.07) is 5.18.